The van der Waals surface area contributed by atoms with Crippen molar-refractivity contribution in [2.45, 2.75) is 63.8 Å². The van der Waals surface area contributed by atoms with E-state index in [0.29, 0.717) is 35.6 Å². The Kier molecular flexibility index (Phi) is 9.31. The minimum absolute atomic E-state index is 0.0667. The van der Waals surface area contributed by atoms with E-state index in [2.05, 4.69) is 36.9 Å². The van der Waals surface area contributed by atoms with Gasteiger partial charge >= 0.3 is 0 Å². The van der Waals surface area contributed by atoms with E-state index in [1.54, 1.807) is 18.1 Å². The molecule has 1 aromatic heterocycles. The molecule has 3 aromatic rings. The van der Waals surface area contributed by atoms with Crippen LogP contribution >= 0.6 is 0 Å². The molecule has 1 amide bonds. The number of para-hydroxylation sites is 1. The summed E-state index contributed by atoms with van der Waals surface area (Å²) in [5.74, 6) is 1.72. The average molecular weight is 641 g/mol. The number of carbonyl (C=O) groups excluding carboxylic acids is 1. The number of amides is 1. The van der Waals surface area contributed by atoms with Crippen LogP contribution < -0.4 is 19.9 Å². The van der Waals surface area contributed by atoms with E-state index in [1.807, 2.05) is 49.4 Å². The van der Waals surface area contributed by atoms with E-state index in [-0.39, 0.29) is 11.9 Å². The Morgan fingerprint density at radius 2 is 1.68 bits per heavy atom. The minimum atomic E-state index is -0.700. The van der Waals surface area contributed by atoms with Crippen LogP contribution in [-0.4, -0.2) is 108 Å². The number of likely N-dealkylation sites (N-methyl/N-ethyl adjacent to an activating group) is 1. The van der Waals surface area contributed by atoms with E-state index in [4.69, 9.17) is 9.72 Å². The summed E-state index contributed by atoms with van der Waals surface area (Å²) in [7, 11) is 3.99. The van der Waals surface area contributed by atoms with Crippen molar-refractivity contribution in [3.8, 4) is 5.75 Å². The molecule has 250 valence electrons. The van der Waals surface area contributed by atoms with Gasteiger partial charge in [-0.25, -0.2) is 4.98 Å². The summed E-state index contributed by atoms with van der Waals surface area (Å²) in [5.41, 5.74) is 3.78. The lowest BCUT2D eigenvalue weighted by molar-refractivity contribution is -0.0306. The van der Waals surface area contributed by atoms with Gasteiger partial charge in [0.15, 0.2) is 5.82 Å². The number of fused-ring (bicyclic) bond motifs is 2. The molecule has 4 aliphatic rings. The molecule has 1 aliphatic carbocycles. The number of aliphatic hydroxyl groups is 1. The fourth-order valence-corrected chi connectivity index (χ4v) is 7.73. The summed E-state index contributed by atoms with van der Waals surface area (Å²) < 4.78 is 6.08. The van der Waals surface area contributed by atoms with Gasteiger partial charge in [-0.15, -0.1) is 0 Å². The molecule has 0 bridgehead atoms. The number of anilines is 5. The molecule has 2 saturated heterocycles. The summed E-state index contributed by atoms with van der Waals surface area (Å²) in [5, 5.41) is 14.8. The van der Waals surface area contributed by atoms with Gasteiger partial charge in [-0.3, -0.25) is 14.6 Å². The van der Waals surface area contributed by atoms with Crippen LogP contribution in [0.5, 0.6) is 5.75 Å². The molecule has 2 N–H and O–H groups in total. The fraction of sp³-hybridized carbons (Fsp3) is 0.528. The molecule has 11 nitrogen and oxygen atoms in total. The van der Waals surface area contributed by atoms with Gasteiger partial charge in [0, 0.05) is 58.4 Å². The van der Waals surface area contributed by atoms with Gasteiger partial charge in [-0.2, -0.15) is 4.98 Å². The Labute approximate surface area is 278 Å². The lowest BCUT2D eigenvalue weighted by Gasteiger charge is -2.43. The summed E-state index contributed by atoms with van der Waals surface area (Å²) in [4.78, 5) is 34.4. The first-order valence-corrected chi connectivity index (χ1v) is 17.3. The molecular weight excluding hydrogens is 592 g/mol. The number of rotatable bonds is 8. The molecule has 11 heteroatoms. The number of hydrogen-bond donors (Lipinski definition) is 2. The van der Waals surface area contributed by atoms with Crippen LogP contribution in [0.15, 0.2) is 48.7 Å². The van der Waals surface area contributed by atoms with Crippen LogP contribution in [0.2, 0.25) is 0 Å². The number of carbonyl (C=O) groups is 1. The van der Waals surface area contributed by atoms with Gasteiger partial charge in [0.05, 0.1) is 29.7 Å². The maximum absolute atomic E-state index is 13.5. The Morgan fingerprint density at radius 3 is 2.43 bits per heavy atom. The Balaban J connectivity index is 1.12. The van der Waals surface area contributed by atoms with Crippen LogP contribution in [0.4, 0.5) is 28.8 Å². The third kappa shape index (κ3) is 6.41. The van der Waals surface area contributed by atoms with Gasteiger partial charge in [0.25, 0.3) is 5.91 Å². The van der Waals surface area contributed by atoms with Crippen molar-refractivity contribution in [1.29, 1.82) is 0 Å². The van der Waals surface area contributed by atoms with E-state index in [9.17, 15) is 9.90 Å². The number of hydrogen-bond acceptors (Lipinski definition) is 10. The highest BCUT2D eigenvalue weighted by molar-refractivity contribution is 6.13. The third-order valence-electron chi connectivity index (χ3n) is 10.5. The van der Waals surface area contributed by atoms with E-state index in [1.165, 1.54) is 0 Å². The average Bonchev–Trinajstić information content (AvgIpc) is 3.61. The number of nitrogens with zero attached hydrogens (tertiary/aromatic N) is 7. The SMILES string of the molecule is CCOc1cc(C(O)N2CCC(N3CCN(C)CC3)CC2)ccc1Nc1ncc2c(n1)N(C1CCCC1)c1ccccc1C(=O)N2C. The second-order valence-corrected chi connectivity index (χ2v) is 13.4. The second kappa shape index (κ2) is 13.8. The monoisotopic (exact) mass is 640 g/mol. The highest BCUT2D eigenvalue weighted by atomic mass is 16.5. The molecule has 0 radical (unpaired) electrons. The molecule has 3 fully saturated rings. The summed E-state index contributed by atoms with van der Waals surface area (Å²) in [6.07, 6.45) is 7.57. The van der Waals surface area contributed by atoms with Gasteiger partial charge in [-0.05, 0) is 69.5 Å². The Morgan fingerprint density at radius 1 is 0.936 bits per heavy atom. The van der Waals surface area contributed by atoms with Crippen LogP contribution in [0.1, 0.15) is 67.6 Å². The van der Waals surface area contributed by atoms with Crippen molar-refractivity contribution in [2.24, 2.45) is 0 Å². The van der Waals surface area contributed by atoms with Crippen molar-refractivity contribution in [1.82, 2.24) is 24.7 Å². The number of likely N-dealkylation sites (tertiary alicyclic amines) is 1. The van der Waals surface area contributed by atoms with Crippen molar-refractivity contribution in [3.05, 3.63) is 59.8 Å². The zero-order valence-electron chi connectivity index (χ0n) is 27.9. The molecule has 1 unspecified atom stereocenters. The standard InChI is InChI=1S/C36H48N8O3/c1-4-47-32-23-25(34(45)43-17-15-26(16-18-43)42-21-19-40(2)20-22-42)13-14-29(32)38-36-37-24-31-33(39-36)44(27-9-5-6-10-27)30-12-8-7-11-28(30)35(46)41(31)3/h7-8,11-14,23-24,26-27,34,45H,4-6,9-10,15-22H2,1-3H3,(H,37,38,39). The van der Waals surface area contributed by atoms with E-state index >= 15 is 0 Å². The maximum Gasteiger partial charge on any atom is 0.260 e. The lowest BCUT2D eigenvalue weighted by Crippen LogP contribution is -2.52. The minimum Gasteiger partial charge on any atom is -0.492 e. The first-order chi connectivity index (χ1) is 22.9. The van der Waals surface area contributed by atoms with Gasteiger partial charge in [0.1, 0.15) is 17.7 Å². The molecule has 2 aromatic carbocycles. The summed E-state index contributed by atoms with van der Waals surface area (Å²) in [6.45, 7) is 8.68. The van der Waals surface area contributed by atoms with Crippen molar-refractivity contribution in [2.75, 3.05) is 75.1 Å². The van der Waals surface area contributed by atoms with Crippen LogP contribution in [-0.2, 0) is 0 Å². The first-order valence-electron chi connectivity index (χ1n) is 17.3. The van der Waals surface area contributed by atoms with Gasteiger partial charge in [-0.1, -0.05) is 31.0 Å². The number of piperidine rings is 1. The molecule has 47 heavy (non-hydrogen) atoms. The quantitative estimate of drug-likeness (QED) is 0.350. The van der Waals surface area contributed by atoms with Crippen molar-refractivity contribution >= 4 is 34.7 Å². The lowest BCUT2D eigenvalue weighted by atomic mass is 10.0. The van der Waals surface area contributed by atoms with E-state index in [0.717, 1.165) is 101 Å². The zero-order valence-corrected chi connectivity index (χ0v) is 27.9. The molecular formula is C36H48N8O3. The molecule has 7 rings (SSSR count). The molecule has 0 spiro atoms. The van der Waals surface area contributed by atoms with Crippen LogP contribution in [0.3, 0.4) is 0 Å². The van der Waals surface area contributed by atoms with Crippen LogP contribution in [0.25, 0.3) is 0 Å². The molecule has 1 saturated carbocycles. The first kappa shape index (κ1) is 31.8. The zero-order chi connectivity index (χ0) is 32.5. The molecule has 1 atom stereocenters. The molecule has 3 aliphatic heterocycles. The van der Waals surface area contributed by atoms with Gasteiger partial charge in [0.2, 0.25) is 5.95 Å². The fourth-order valence-electron chi connectivity index (χ4n) is 7.73. The topological polar surface area (TPSA) is 101 Å². The van der Waals surface area contributed by atoms with Crippen molar-refractivity contribution in [3.63, 3.8) is 0 Å². The Bertz CT molecular complexity index is 1560. The maximum atomic E-state index is 13.5. The number of aliphatic hydroxyl groups excluding tert-OH is 1. The highest BCUT2D eigenvalue weighted by Gasteiger charge is 2.36. The number of aromatic nitrogens is 2. The second-order valence-electron chi connectivity index (χ2n) is 13.4. The third-order valence-corrected chi connectivity index (χ3v) is 10.5. The van der Waals surface area contributed by atoms with E-state index < -0.39 is 6.23 Å². The summed E-state index contributed by atoms with van der Waals surface area (Å²) in [6, 6.07) is 14.5. The summed E-state index contributed by atoms with van der Waals surface area (Å²) >= 11 is 0. The largest absolute Gasteiger partial charge is 0.492 e. The highest BCUT2D eigenvalue weighted by Crippen LogP contribution is 2.44. The van der Waals surface area contributed by atoms with Crippen LogP contribution in [0, 0.1) is 0 Å². The van der Waals surface area contributed by atoms with Crippen molar-refractivity contribution < 1.29 is 14.6 Å². The number of nitrogens with one attached hydrogen (secondary N) is 1. The Hall–Kier alpha value is -3.77. The number of benzene rings is 2. The smallest absolute Gasteiger partial charge is 0.260 e. The predicted molar refractivity (Wildman–Crippen MR) is 185 cm³/mol. The normalized spacial score (nSPS) is 21.0. The molecule has 4 heterocycles. The van der Waals surface area contributed by atoms with Gasteiger partial charge < -0.3 is 29.9 Å². The number of ether oxygens (including phenoxy) is 1. The number of piperazine rings is 1. The predicted octanol–water partition coefficient (Wildman–Crippen LogP) is 4.99.